The van der Waals surface area contributed by atoms with Gasteiger partial charge in [0.15, 0.2) is 0 Å². The Morgan fingerprint density at radius 2 is 2.00 bits per heavy atom. The van der Waals surface area contributed by atoms with Crippen LogP contribution < -0.4 is 10.5 Å². The minimum Gasteiger partial charge on any atom is -0.492 e. The van der Waals surface area contributed by atoms with E-state index in [0.29, 0.717) is 31.0 Å². The molecule has 0 spiro atoms. The maximum absolute atomic E-state index is 12.7. The second-order valence-corrected chi connectivity index (χ2v) is 6.39. The highest BCUT2D eigenvalue weighted by Gasteiger charge is 2.14. The van der Waals surface area contributed by atoms with Crippen molar-refractivity contribution in [2.75, 3.05) is 20.2 Å². The maximum atomic E-state index is 12.7. The van der Waals surface area contributed by atoms with Gasteiger partial charge in [-0.25, -0.2) is 0 Å². The fourth-order valence-corrected chi connectivity index (χ4v) is 3.07. The molecule has 2 N–H and O–H groups in total. The van der Waals surface area contributed by atoms with Crippen LogP contribution in [0.25, 0.3) is 11.0 Å². The van der Waals surface area contributed by atoms with Crippen LogP contribution in [0.3, 0.4) is 0 Å². The van der Waals surface area contributed by atoms with Gasteiger partial charge in [-0.15, -0.1) is 0 Å². The van der Waals surface area contributed by atoms with Crippen LogP contribution in [0.5, 0.6) is 5.75 Å². The first-order chi connectivity index (χ1) is 12.1. The molecule has 0 saturated carbocycles. The second kappa shape index (κ2) is 7.58. The minimum absolute atomic E-state index is 0.0610. The molecular weight excluding hydrogens is 336 g/mol. The zero-order valence-electron chi connectivity index (χ0n) is 14.2. The van der Waals surface area contributed by atoms with Crippen LogP contribution in [0, 0.1) is 6.92 Å². The third kappa shape index (κ3) is 3.94. The van der Waals surface area contributed by atoms with Gasteiger partial charge < -0.3 is 15.4 Å². The van der Waals surface area contributed by atoms with E-state index in [-0.39, 0.29) is 5.91 Å². The summed E-state index contributed by atoms with van der Waals surface area (Å²) in [7, 11) is 1.78. The van der Waals surface area contributed by atoms with Crippen molar-refractivity contribution < 1.29 is 9.53 Å². The average Bonchev–Trinajstić information content (AvgIpc) is 3.08. The summed E-state index contributed by atoms with van der Waals surface area (Å²) in [4.78, 5) is 14.4. The van der Waals surface area contributed by atoms with Gasteiger partial charge in [-0.1, -0.05) is 12.1 Å². The number of aromatic nitrogens is 2. The predicted molar refractivity (Wildman–Crippen MR) is 98.9 cm³/mol. The van der Waals surface area contributed by atoms with Crippen molar-refractivity contribution in [3.8, 4) is 5.75 Å². The number of benzene rings is 2. The van der Waals surface area contributed by atoms with E-state index in [0.717, 1.165) is 22.2 Å². The van der Waals surface area contributed by atoms with Crippen LogP contribution in [0.2, 0.25) is 0 Å². The molecule has 130 valence electrons. The van der Waals surface area contributed by atoms with Crippen molar-refractivity contribution in [3.63, 3.8) is 0 Å². The number of ether oxygens (including phenoxy) is 1. The van der Waals surface area contributed by atoms with Crippen molar-refractivity contribution in [2.45, 2.75) is 13.5 Å². The summed E-state index contributed by atoms with van der Waals surface area (Å²) in [6.07, 6.45) is 0. The van der Waals surface area contributed by atoms with Gasteiger partial charge in [0.05, 0.1) is 11.7 Å². The standard InChI is InChI=1S/C18H20N4O2S/c1-12-3-5-14(10-17(12)24-8-7-19)18(23)22(2)11-13-4-6-15-16(9-13)21-25-20-15/h3-6,9-10H,7-8,11,19H2,1-2H3. The van der Waals surface area contributed by atoms with Gasteiger partial charge >= 0.3 is 0 Å². The number of nitrogens with two attached hydrogens (primary N) is 1. The number of hydrogen-bond donors (Lipinski definition) is 1. The van der Waals surface area contributed by atoms with Gasteiger partial charge in [-0.2, -0.15) is 8.75 Å². The Bertz CT molecular complexity index is 894. The highest BCUT2D eigenvalue weighted by molar-refractivity contribution is 7.00. The smallest absolute Gasteiger partial charge is 0.254 e. The van der Waals surface area contributed by atoms with E-state index in [2.05, 4.69) is 8.75 Å². The molecule has 0 atom stereocenters. The first-order valence-corrected chi connectivity index (χ1v) is 8.71. The second-order valence-electron chi connectivity index (χ2n) is 5.87. The lowest BCUT2D eigenvalue weighted by Gasteiger charge is -2.18. The molecular formula is C18H20N4O2S. The maximum Gasteiger partial charge on any atom is 0.254 e. The Morgan fingerprint density at radius 1 is 1.20 bits per heavy atom. The lowest BCUT2D eigenvalue weighted by Crippen LogP contribution is -2.26. The number of fused-ring (bicyclic) bond motifs is 1. The first kappa shape index (κ1) is 17.3. The molecule has 1 aromatic heterocycles. The normalized spacial score (nSPS) is 10.8. The van der Waals surface area contributed by atoms with Gasteiger partial charge in [0, 0.05) is 25.7 Å². The summed E-state index contributed by atoms with van der Waals surface area (Å²) in [5.74, 6) is 0.633. The minimum atomic E-state index is -0.0610. The van der Waals surface area contributed by atoms with E-state index in [4.69, 9.17) is 10.5 Å². The lowest BCUT2D eigenvalue weighted by molar-refractivity contribution is 0.0784. The molecule has 3 aromatic rings. The highest BCUT2D eigenvalue weighted by Crippen LogP contribution is 2.21. The third-order valence-electron chi connectivity index (χ3n) is 3.90. The molecule has 0 fully saturated rings. The van der Waals surface area contributed by atoms with Crippen LogP contribution in [0.15, 0.2) is 36.4 Å². The summed E-state index contributed by atoms with van der Waals surface area (Å²) in [5, 5.41) is 0. The van der Waals surface area contributed by atoms with Gasteiger partial charge in [0.25, 0.3) is 5.91 Å². The number of aryl methyl sites for hydroxylation is 1. The molecule has 1 heterocycles. The van der Waals surface area contributed by atoms with E-state index < -0.39 is 0 Å². The van der Waals surface area contributed by atoms with Gasteiger partial charge in [0.2, 0.25) is 0 Å². The molecule has 0 aliphatic heterocycles. The topological polar surface area (TPSA) is 81.3 Å². The molecule has 25 heavy (non-hydrogen) atoms. The quantitative estimate of drug-likeness (QED) is 0.734. The van der Waals surface area contributed by atoms with Crippen LogP contribution >= 0.6 is 11.7 Å². The SMILES string of the molecule is Cc1ccc(C(=O)N(C)Cc2ccc3nsnc3c2)cc1OCCN. The Balaban J connectivity index is 1.75. The first-order valence-electron chi connectivity index (χ1n) is 7.98. The Morgan fingerprint density at radius 3 is 2.80 bits per heavy atom. The van der Waals surface area contributed by atoms with E-state index in [9.17, 15) is 4.79 Å². The predicted octanol–water partition coefficient (Wildman–Crippen LogP) is 2.61. The summed E-state index contributed by atoms with van der Waals surface area (Å²) in [6, 6.07) is 11.3. The summed E-state index contributed by atoms with van der Waals surface area (Å²) in [5.41, 5.74) is 9.81. The van der Waals surface area contributed by atoms with Crippen molar-refractivity contribution in [2.24, 2.45) is 5.73 Å². The molecule has 1 amide bonds. The highest BCUT2D eigenvalue weighted by atomic mass is 32.1. The van der Waals surface area contributed by atoms with E-state index in [1.807, 2.05) is 37.3 Å². The zero-order valence-corrected chi connectivity index (χ0v) is 15.0. The van der Waals surface area contributed by atoms with Crippen molar-refractivity contribution in [3.05, 3.63) is 53.1 Å². The van der Waals surface area contributed by atoms with Crippen molar-refractivity contribution in [1.29, 1.82) is 0 Å². The number of rotatable bonds is 6. The molecule has 0 aliphatic carbocycles. The molecule has 0 bridgehead atoms. The van der Waals surface area contributed by atoms with Crippen LogP contribution in [0.1, 0.15) is 21.5 Å². The summed E-state index contributed by atoms with van der Waals surface area (Å²) in [6.45, 7) is 3.31. The Kier molecular flexibility index (Phi) is 5.25. The summed E-state index contributed by atoms with van der Waals surface area (Å²) < 4.78 is 14.0. The fourth-order valence-electron chi connectivity index (χ4n) is 2.55. The molecule has 0 radical (unpaired) electrons. The summed E-state index contributed by atoms with van der Waals surface area (Å²) >= 11 is 1.19. The molecule has 0 saturated heterocycles. The molecule has 6 nitrogen and oxygen atoms in total. The van der Waals surface area contributed by atoms with Crippen LogP contribution in [-0.4, -0.2) is 39.8 Å². The molecule has 0 aliphatic rings. The number of amides is 1. The molecule has 0 unspecified atom stereocenters. The molecule has 2 aromatic carbocycles. The van der Waals surface area contributed by atoms with E-state index in [1.54, 1.807) is 18.0 Å². The number of carbonyl (C=O) groups is 1. The van der Waals surface area contributed by atoms with Crippen molar-refractivity contribution >= 4 is 28.7 Å². The van der Waals surface area contributed by atoms with Crippen molar-refractivity contribution in [1.82, 2.24) is 13.6 Å². The number of hydrogen-bond acceptors (Lipinski definition) is 6. The van der Waals surface area contributed by atoms with Gasteiger partial charge in [-0.05, 0) is 42.3 Å². The zero-order chi connectivity index (χ0) is 17.8. The number of carbonyl (C=O) groups excluding carboxylic acids is 1. The largest absolute Gasteiger partial charge is 0.492 e. The monoisotopic (exact) mass is 356 g/mol. The fraction of sp³-hybridized carbons (Fsp3) is 0.278. The lowest BCUT2D eigenvalue weighted by atomic mass is 10.1. The van der Waals surface area contributed by atoms with E-state index >= 15 is 0 Å². The van der Waals surface area contributed by atoms with Gasteiger partial charge in [-0.3, -0.25) is 4.79 Å². The van der Waals surface area contributed by atoms with Gasteiger partial charge in [0.1, 0.15) is 23.4 Å². The molecule has 3 rings (SSSR count). The van der Waals surface area contributed by atoms with E-state index in [1.165, 1.54) is 11.7 Å². The molecule has 7 heteroatoms. The number of nitrogens with zero attached hydrogens (tertiary/aromatic N) is 3. The Hall–Kier alpha value is -2.51. The van der Waals surface area contributed by atoms with Crippen LogP contribution in [-0.2, 0) is 6.54 Å². The average molecular weight is 356 g/mol. The Labute approximate surface area is 150 Å². The third-order valence-corrected chi connectivity index (χ3v) is 4.45. The van der Waals surface area contributed by atoms with Crippen LogP contribution in [0.4, 0.5) is 0 Å².